The van der Waals surface area contributed by atoms with Gasteiger partial charge in [-0.2, -0.15) is 0 Å². The Labute approximate surface area is 182 Å². The van der Waals surface area contributed by atoms with Gasteiger partial charge in [-0.1, -0.05) is 61.7 Å². The molecule has 1 spiro atoms. The highest BCUT2D eigenvalue weighted by molar-refractivity contribution is 7.99. The van der Waals surface area contributed by atoms with Gasteiger partial charge >= 0.3 is 0 Å². The van der Waals surface area contributed by atoms with Crippen molar-refractivity contribution in [3.05, 3.63) is 81.9 Å². The van der Waals surface area contributed by atoms with Crippen LogP contribution in [0, 0.1) is 0 Å². The zero-order chi connectivity index (χ0) is 20.6. The molecule has 4 heteroatoms. The third-order valence-electron chi connectivity index (χ3n) is 6.86. The Morgan fingerprint density at radius 3 is 2.53 bits per heavy atom. The van der Waals surface area contributed by atoms with Crippen molar-refractivity contribution in [2.24, 2.45) is 7.05 Å². The quantitative estimate of drug-likeness (QED) is 0.524. The molecule has 3 nitrogen and oxygen atoms in total. The first-order valence-electron chi connectivity index (χ1n) is 11.0. The van der Waals surface area contributed by atoms with Crippen molar-refractivity contribution >= 4 is 11.8 Å². The minimum atomic E-state index is -0.0267. The SMILES string of the molecule is Cn1c(CCSc2ccccc2)nc2c(c1=O)C1(CCCCC1)Cc1ccccc1-2. The van der Waals surface area contributed by atoms with Crippen LogP contribution in [0.1, 0.15) is 49.1 Å². The molecule has 1 saturated carbocycles. The van der Waals surface area contributed by atoms with Crippen molar-refractivity contribution in [3.8, 4) is 11.3 Å². The summed E-state index contributed by atoms with van der Waals surface area (Å²) in [7, 11) is 1.91. The highest BCUT2D eigenvalue weighted by Gasteiger charge is 2.43. The topological polar surface area (TPSA) is 34.9 Å². The number of thioether (sulfide) groups is 1. The molecule has 0 unspecified atom stereocenters. The number of fused-ring (bicyclic) bond motifs is 4. The summed E-state index contributed by atoms with van der Waals surface area (Å²) in [5, 5.41) is 0. The van der Waals surface area contributed by atoms with Crippen LogP contribution in [0.2, 0.25) is 0 Å². The van der Waals surface area contributed by atoms with E-state index < -0.39 is 0 Å². The van der Waals surface area contributed by atoms with E-state index in [-0.39, 0.29) is 11.0 Å². The van der Waals surface area contributed by atoms with Crippen molar-refractivity contribution in [2.75, 3.05) is 5.75 Å². The van der Waals surface area contributed by atoms with Gasteiger partial charge in [0.25, 0.3) is 5.56 Å². The summed E-state index contributed by atoms with van der Waals surface area (Å²) in [6, 6.07) is 19.0. The second kappa shape index (κ2) is 8.07. The van der Waals surface area contributed by atoms with Crippen LogP contribution in [-0.4, -0.2) is 15.3 Å². The molecule has 2 aliphatic rings. The van der Waals surface area contributed by atoms with Crippen LogP contribution in [0.5, 0.6) is 0 Å². The van der Waals surface area contributed by atoms with Gasteiger partial charge in [0.15, 0.2) is 0 Å². The molecule has 5 rings (SSSR count). The maximum Gasteiger partial charge on any atom is 0.257 e. The van der Waals surface area contributed by atoms with Gasteiger partial charge in [0, 0.05) is 35.1 Å². The first kappa shape index (κ1) is 19.6. The fraction of sp³-hybridized carbons (Fsp3) is 0.385. The summed E-state index contributed by atoms with van der Waals surface area (Å²) < 4.78 is 1.83. The number of nitrogens with zero attached hydrogens (tertiary/aromatic N) is 2. The fourth-order valence-corrected chi connectivity index (χ4v) is 6.20. The molecule has 0 saturated heterocycles. The molecule has 0 bridgehead atoms. The van der Waals surface area contributed by atoms with Gasteiger partial charge < -0.3 is 0 Å². The van der Waals surface area contributed by atoms with Gasteiger partial charge in [-0.3, -0.25) is 9.36 Å². The number of hydrogen-bond acceptors (Lipinski definition) is 3. The third-order valence-corrected chi connectivity index (χ3v) is 7.88. The first-order chi connectivity index (χ1) is 14.7. The molecule has 0 aliphatic heterocycles. The lowest BCUT2D eigenvalue weighted by molar-refractivity contribution is 0.283. The molecule has 1 fully saturated rings. The molecule has 30 heavy (non-hydrogen) atoms. The lowest BCUT2D eigenvalue weighted by atomic mass is 9.62. The molecule has 0 amide bonds. The third kappa shape index (κ3) is 3.41. The van der Waals surface area contributed by atoms with E-state index in [1.807, 2.05) is 29.4 Å². The highest BCUT2D eigenvalue weighted by Crippen LogP contribution is 2.48. The normalized spacial score (nSPS) is 16.8. The van der Waals surface area contributed by atoms with Gasteiger partial charge in [-0.25, -0.2) is 4.98 Å². The standard InChI is InChI=1S/C26H28N2OS/c1-28-22(14-17-30-20-11-4-2-5-12-20)27-24-21-13-7-6-10-19(21)18-26(23(24)25(28)29)15-8-3-9-16-26/h2,4-7,10-13H,3,8-9,14-18H2,1H3. The number of aromatic nitrogens is 2. The monoisotopic (exact) mass is 416 g/mol. The van der Waals surface area contributed by atoms with Crippen molar-refractivity contribution in [3.63, 3.8) is 0 Å². The van der Waals surface area contributed by atoms with Gasteiger partial charge in [0.1, 0.15) is 5.82 Å². The number of aryl methyl sites for hydroxylation is 1. The fourth-order valence-electron chi connectivity index (χ4n) is 5.33. The van der Waals surface area contributed by atoms with E-state index in [4.69, 9.17) is 4.98 Å². The summed E-state index contributed by atoms with van der Waals surface area (Å²) in [5.74, 6) is 1.81. The lowest BCUT2D eigenvalue weighted by Gasteiger charge is -2.42. The van der Waals surface area contributed by atoms with Crippen molar-refractivity contribution in [1.82, 2.24) is 9.55 Å². The molecule has 0 atom stereocenters. The van der Waals surface area contributed by atoms with Crippen molar-refractivity contribution in [1.29, 1.82) is 0 Å². The molecular weight excluding hydrogens is 388 g/mol. The van der Waals surface area contributed by atoms with E-state index >= 15 is 0 Å². The maximum atomic E-state index is 13.7. The van der Waals surface area contributed by atoms with Gasteiger partial charge in [-0.05, 0) is 37.0 Å². The summed E-state index contributed by atoms with van der Waals surface area (Å²) in [4.78, 5) is 20.1. The van der Waals surface area contributed by atoms with Crippen molar-refractivity contribution < 1.29 is 0 Å². The molecule has 154 valence electrons. The van der Waals surface area contributed by atoms with Gasteiger partial charge in [0.05, 0.1) is 11.3 Å². The maximum absolute atomic E-state index is 13.7. The van der Waals surface area contributed by atoms with Crippen LogP contribution < -0.4 is 5.56 Å². The van der Waals surface area contributed by atoms with E-state index in [2.05, 4.69) is 48.5 Å². The van der Waals surface area contributed by atoms with E-state index in [1.165, 1.54) is 35.3 Å². The number of rotatable bonds is 4. The van der Waals surface area contributed by atoms with Crippen LogP contribution in [0.3, 0.4) is 0 Å². The van der Waals surface area contributed by atoms with Crippen LogP contribution in [0.25, 0.3) is 11.3 Å². The number of benzene rings is 2. The minimum Gasteiger partial charge on any atom is -0.299 e. The Balaban J connectivity index is 1.55. The Bertz CT molecular complexity index is 1110. The zero-order valence-corrected chi connectivity index (χ0v) is 18.4. The molecule has 1 heterocycles. The average Bonchev–Trinajstić information content (AvgIpc) is 2.78. The van der Waals surface area contributed by atoms with E-state index in [9.17, 15) is 4.79 Å². The molecule has 1 aromatic heterocycles. The Kier molecular flexibility index (Phi) is 5.28. The Morgan fingerprint density at radius 1 is 1.00 bits per heavy atom. The second-order valence-electron chi connectivity index (χ2n) is 8.70. The molecule has 2 aliphatic carbocycles. The second-order valence-corrected chi connectivity index (χ2v) is 9.87. The summed E-state index contributed by atoms with van der Waals surface area (Å²) in [6.07, 6.45) is 7.68. The predicted octanol–water partition coefficient (Wildman–Crippen LogP) is 5.54. The zero-order valence-electron chi connectivity index (χ0n) is 17.6. The average molecular weight is 417 g/mol. The molecule has 0 N–H and O–H groups in total. The van der Waals surface area contributed by atoms with E-state index in [0.29, 0.717) is 0 Å². The van der Waals surface area contributed by atoms with Gasteiger partial charge in [-0.15, -0.1) is 11.8 Å². The summed E-state index contributed by atoms with van der Waals surface area (Å²) in [5.41, 5.74) is 4.62. The van der Waals surface area contributed by atoms with Gasteiger partial charge in [0.2, 0.25) is 0 Å². The summed E-state index contributed by atoms with van der Waals surface area (Å²) >= 11 is 1.82. The largest absolute Gasteiger partial charge is 0.299 e. The molecule has 3 aromatic rings. The molecule has 2 aromatic carbocycles. The highest BCUT2D eigenvalue weighted by atomic mass is 32.2. The van der Waals surface area contributed by atoms with E-state index in [0.717, 1.165) is 48.5 Å². The van der Waals surface area contributed by atoms with E-state index in [1.54, 1.807) is 0 Å². The summed E-state index contributed by atoms with van der Waals surface area (Å²) in [6.45, 7) is 0. The lowest BCUT2D eigenvalue weighted by Crippen LogP contribution is -2.43. The first-order valence-corrected chi connectivity index (χ1v) is 12.0. The minimum absolute atomic E-state index is 0.0267. The van der Waals surface area contributed by atoms with Crippen LogP contribution >= 0.6 is 11.8 Å². The molecular formula is C26H28N2OS. The van der Waals surface area contributed by atoms with Crippen molar-refractivity contribution in [2.45, 2.75) is 55.3 Å². The van der Waals surface area contributed by atoms with Crippen LogP contribution in [0.4, 0.5) is 0 Å². The predicted molar refractivity (Wildman–Crippen MR) is 124 cm³/mol. The Hall–Kier alpha value is -2.33. The molecule has 0 radical (unpaired) electrons. The van der Waals surface area contributed by atoms with Crippen LogP contribution in [0.15, 0.2) is 64.3 Å². The number of hydrogen-bond donors (Lipinski definition) is 0. The Morgan fingerprint density at radius 2 is 1.73 bits per heavy atom. The van der Waals surface area contributed by atoms with Crippen LogP contribution in [-0.2, 0) is 25.3 Å². The smallest absolute Gasteiger partial charge is 0.257 e.